The van der Waals surface area contributed by atoms with Crippen LogP contribution in [0.25, 0.3) is 0 Å². The highest BCUT2D eigenvalue weighted by atomic mass is 28.4. The van der Waals surface area contributed by atoms with E-state index in [0.29, 0.717) is 19.4 Å². The average Bonchev–Trinajstić information content (AvgIpc) is 2.36. The maximum atomic E-state index is 11.9. The first-order valence-corrected chi connectivity index (χ1v) is 10.4. The third kappa shape index (κ3) is 4.78. The van der Waals surface area contributed by atoms with Crippen LogP contribution in [0.1, 0.15) is 67.7 Å². The molecule has 0 aromatic heterocycles. The van der Waals surface area contributed by atoms with Crippen molar-refractivity contribution in [3.8, 4) is 0 Å². The summed E-state index contributed by atoms with van der Waals surface area (Å²) in [6.07, 6.45) is 1.17. The third-order valence-electron chi connectivity index (χ3n) is 4.32. The van der Waals surface area contributed by atoms with Crippen LogP contribution >= 0.6 is 0 Å². The van der Waals surface area contributed by atoms with Crippen LogP contribution in [-0.4, -0.2) is 45.1 Å². The van der Waals surface area contributed by atoms with Crippen LogP contribution in [0.4, 0.5) is 0 Å². The molecule has 1 aliphatic heterocycles. The Morgan fingerprint density at radius 1 is 1.13 bits per heavy atom. The Balaban J connectivity index is 3.11. The van der Waals surface area contributed by atoms with Crippen LogP contribution in [0.3, 0.4) is 0 Å². The van der Waals surface area contributed by atoms with Gasteiger partial charge in [-0.2, -0.15) is 0 Å². The molecule has 1 aliphatic rings. The van der Waals surface area contributed by atoms with Crippen LogP contribution in [0.2, 0.25) is 10.1 Å². The third-order valence-corrected chi connectivity index (χ3v) is 9.60. The quantitative estimate of drug-likeness (QED) is 0.609. The van der Waals surface area contributed by atoms with Gasteiger partial charge in [-0.05, 0) is 19.8 Å². The molecular formula is C17H34O5Si. The highest BCUT2D eigenvalue weighted by Gasteiger charge is 2.62. The zero-order valence-electron chi connectivity index (χ0n) is 15.8. The Hall–Kier alpha value is -0.433. The summed E-state index contributed by atoms with van der Waals surface area (Å²) in [5, 5.41) is 9.06. The van der Waals surface area contributed by atoms with Crippen LogP contribution < -0.4 is 0 Å². The minimum absolute atomic E-state index is 0.0710. The number of hydrogen-bond donors (Lipinski definition) is 1. The Kier molecular flexibility index (Phi) is 6.84. The molecule has 6 heteroatoms. The van der Waals surface area contributed by atoms with Gasteiger partial charge < -0.3 is 18.7 Å². The first kappa shape index (κ1) is 20.6. The topological polar surface area (TPSA) is 65.0 Å². The lowest BCUT2D eigenvalue weighted by Crippen LogP contribution is -2.63. The van der Waals surface area contributed by atoms with Crippen molar-refractivity contribution in [3.05, 3.63) is 0 Å². The summed E-state index contributed by atoms with van der Waals surface area (Å²) in [5.74, 6) is -0.229. The molecule has 23 heavy (non-hydrogen) atoms. The van der Waals surface area contributed by atoms with Gasteiger partial charge in [0.1, 0.15) is 0 Å². The number of carbonyl (C=O) groups is 1. The number of aliphatic hydroxyl groups is 1. The van der Waals surface area contributed by atoms with E-state index in [1.54, 1.807) is 6.92 Å². The molecule has 0 aromatic carbocycles. The molecule has 1 N–H and O–H groups in total. The maximum Gasteiger partial charge on any atom is 0.349 e. The predicted octanol–water partition coefficient (Wildman–Crippen LogP) is 3.54. The molecule has 1 rings (SSSR count). The summed E-state index contributed by atoms with van der Waals surface area (Å²) >= 11 is 0. The van der Waals surface area contributed by atoms with Crippen molar-refractivity contribution in [3.63, 3.8) is 0 Å². The summed E-state index contributed by atoms with van der Waals surface area (Å²) in [4.78, 5) is 11.9. The van der Waals surface area contributed by atoms with Crippen LogP contribution in [-0.2, 0) is 18.4 Å². The molecule has 1 saturated heterocycles. The Morgan fingerprint density at radius 2 is 1.65 bits per heavy atom. The first-order valence-electron chi connectivity index (χ1n) is 8.59. The molecule has 0 radical (unpaired) electrons. The molecule has 0 amide bonds. The minimum atomic E-state index is -2.66. The van der Waals surface area contributed by atoms with Gasteiger partial charge in [-0.15, -0.1) is 0 Å². The molecular weight excluding hydrogens is 312 g/mol. The fourth-order valence-corrected chi connectivity index (χ4v) is 8.62. The van der Waals surface area contributed by atoms with E-state index in [0.717, 1.165) is 0 Å². The Labute approximate surface area is 141 Å². The fourth-order valence-electron chi connectivity index (χ4n) is 3.57. The molecule has 0 unspecified atom stereocenters. The summed E-state index contributed by atoms with van der Waals surface area (Å²) in [5.41, 5.74) is 0. The predicted molar refractivity (Wildman–Crippen MR) is 92.5 cm³/mol. The van der Waals surface area contributed by atoms with Gasteiger partial charge >= 0.3 is 14.5 Å². The van der Waals surface area contributed by atoms with E-state index >= 15 is 0 Å². The van der Waals surface area contributed by atoms with E-state index in [1.807, 2.05) is 0 Å². The zero-order chi connectivity index (χ0) is 17.9. The summed E-state index contributed by atoms with van der Waals surface area (Å²) in [6.45, 7) is 15.1. The highest BCUT2D eigenvalue weighted by Crippen LogP contribution is 2.55. The van der Waals surface area contributed by atoms with Gasteiger partial charge in [-0.1, -0.05) is 41.5 Å². The molecule has 1 heterocycles. The van der Waals surface area contributed by atoms with Crippen molar-refractivity contribution in [2.45, 2.75) is 90.0 Å². The largest absolute Gasteiger partial charge is 0.466 e. The monoisotopic (exact) mass is 346 g/mol. The van der Waals surface area contributed by atoms with E-state index < -0.39 is 8.56 Å². The van der Waals surface area contributed by atoms with Gasteiger partial charge in [0.2, 0.25) is 0 Å². The smallest absolute Gasteiger partial charge is 0.349 e. The number of carbonyl (C=O) groups excluding carboxylic acids is 1. The van der Waals surface area contributed by atoms with Crippen LogP contribution in [0, 0.1) is 0 Å². The zero-order valence-corrected chi connectivity index (χ0v) is 16.8. The number of rotatable bonds is 5. The molecule has 5 nitrogen and oxygen atoms in total. The summed E-state index contributed by atoms with van der Waals surface area (Å²) in [6, 6.07) is 0. The maximum absolute atomic E-state index is 11.9. The standard InChI is InChI=1S/C17H34O5Si/c1-8-20-15(19)12-14-11-13(9-10-18)21-23(22-14,16(2,3)4)17(5,6)7/h13-14,18H,8-12H2,1-7H3/t13-,14-/m0/s1. The Bertz CT molecular complexity index is 383. The van der Waals surface area contributed by atoms with Crippen molar-refractivity contribution in [1.82, 2.24) is 0 Å². The molecule has 0 aromatic rings. The number of hydrogen-bond acceptors (Lipinski definition) is 5. The van der Waals surface area contributed by atoms with E-state index in [4.69, 9.17) is 13.6 Å². The second-order valence-electron chi connectivity index (χ2n) is 8.35. The SMILES string of the molecule is CCOC(=O)C[C@@H]1C[C@H](CCO)O[Si](C(C)(C)C)(C(C)(C)C)O1. The van der Waals surface area contributed by atoms with Gasteiger partial charge in [0.25, 0.3) is 0 Å². The summed E-state index contributed by atoms with van der Waals surface area (Å²) in [7, 11) is -2.66. The first-order chi connectivity index (χ1) is 10.5. The van der Waals surface area contributed by atoms with Crippen molar-refractivity contribution in [2.75, 3.05) is 13.2 Å². The van der Waals surface area contributed by atoms with Gasteiger partial charge in [-0.3, -0.25) is 4.79 Å². The van der Waals surface area contributed by atoms with Gasteiger partial charge in [0.15, 0.2) is 0 Å². The number of aliphatic hydroxyl groups excluding tert-OH is 1. The molecule has 0 spiro atoms. The van der Waals surface area contributed by atoms with Gasteiger partial charge in [0, 0.05) is 16.7 Å². The molecule has 0 bridgehead atoms. The van der Waals surface area contributed by atoms with Gasteiger partial charge in [0.05, 0.1) is 25.2 Å². The lowest BCUT2D eigenvalue weighted by atomic mass is 10.1. The Morgan fingerprint density at radius 3 is 2.09 bits per heavy atom. The molecule has 0 aliphatic carbocycles. The van der Waals surface area contributed by atoms with Crippen molar-refractivity contribution >= 4 is 14.5 Å². The van der Waals surface area contributed by atoms with E-state index in [2.05, 4.69) is 41.5 Å². The lowest BCUT2D eigenvalue weighted by molar-refractivity contribution is -0.147. The lowest BCUT2D eigenvalue weighted by Gasteiger charge is -2.55. The van der Waals surface area contributed by atoms with Crippen molar-refractivity contribution < 1.29 is 23.5 Å². The number of ether oxygens (including phenoxy) is 1. The highest BCUT2D eigenvalue weighted by molar-refractivity contribution is 6.73. The average molecular weight is 347 g/mol. The minimum Gasteiger partial charge on any atom is -0.466 e. The fraction of sp³-hybridized carbons (Fsp3) is 0.941. The second kappa shape index (κ2) is 7.63. The molecule has 0 saturated carbocycles. The van der Waals surface area contributed by atoms with Gasteiger partial charge in [-0.25, -0.2) is 0 Å². The van der Waals surface area contributed by atoms with E-state index in [9.17, 15) is 9.90 Å². The normalized spacial score (nSPS) is 25.2. The van der Waals surface area contributed by atoms with Crippen LogP contribution in [0.5, 0.6) is 0 Å². The van der Waals surface area contributed by atoms with E-state index in [-0.39, 0.29) is 41.3 Å². The molecule has 136 valence electrons. The van der Waals surface area contributed by atoms with Crippen molar-refractivity contribution in [1.29, 1.82) is 0 Å². The summed E-state index contributed by atoms with van der Waals surface area (Å²) < 4.78 is 18.1. The van der Waals surface area contributed by atoms with E-state index in [1.165, 1.54) is 0 Å². The van der Waals surface area contributed by atoms with Crippen LogP contribution in [0.15, 0.2) is 0 Å². The molecule has 2 atom stereocenters. The second-order valence-corrected chi connectivity index (χ2v) is 13.1. The molecule has 1 fully saturated rings. The van der Waals surface area contributed by atoms with Crippen molar-refractivity contribution in [2.24, 2.45) is 0 Å². The number of esters is 1.